The smallest absolute Gasteiger partial charge is 0.0645 e. The van der Waals surface area contributed by atoms with Crippen LogP contribution in [-0.4, -0.2) is 6.72 Å². The van der Waals surface area contributed by atoms with Crippen LogP contribution in [0.4, 0.5) is 0 Å². The molecule has 0 aromatic rings. The van der Waals surface area contributed by atoms with Crippen LogP contribution in [0.15, 0.2) is 54.2 Å². The first kappa shape index (κ1) is 13.2. The lowest BCUT2D eigenvalue weighted by Crippen LogP contribution is -1.75. The molecule has 0 saturated heterocycles. The van der Waals surface area contributed by atoms with Crippen molar-refractivity contribution in [1.82, 2.24) is 0 Å². The molecule has 1 heteroatoms. The SMILES string of the molecule is C=C.C=N/C(=C/C=C\C)C(=C)C. The minimum atomic E-state index is 0.845. The molecule has 0 amide bonds. The third-order valence-corrected chi connectivity index (χ3v) is 1.05. The van der Waals surface area contributed by atoms with Crippen molar-refractivity contribution in [1.29, 1.82) is 0 Å². The molecule has 0 atom stereocenters. The largest absolute Gasteiger partial charge is 0.264 e. The van der Waals surface area contributed by atoms with Gasteiger partial charge in [-0.2, -0.15) is 0 Å². The second kappa shape index (κ2) is 9.63. The average Bonchev–Trinajstić information content (AvgIpc) is 2.09. The molecule has 66 valence electrons. The van der Waals surface area contributed by atoms with Crippen LogP contribution in [0.2, 0.25) is 0 Å². The second-order valence-electron chi connectivity index (χ2n) is 2.02. The van der Waals surface area contributed by atoms with E-state index in [1.165, 1.54) is 0 Å². The van der Waals surface area contributed by atoms with E-state index < -0.39 is 0 Å². The minimum absolute atomic E-state index is 0.845. The number of nitrogens with zero attached hydrogens (tertiary/aromatic N) is 1. The van der Waals surface area contributed by atoms with Gasteiger partial charge in [-0.1, -0.05) is 18.7 Å². The van der Waals surface area contributed by atoms with Gasteiger partial charge in [-0.3, -0.25) is 4.99 Å². The van der Waals surface area contributed by atoms with Gasteiger partial charge in [-0.15, -0.1) is 13.2 Å². The van der Waals surface area contributed by atoms with Crippen LogP contribution in [0.3, 0.4) is 0 Å². The summed E-state index contributed by atoms with van der Waals surface area (Å²) in [6, 6.07) is 0. The van der Waals surface area contributed by atoms with Crippen LogP contribution in [0.25, 0.3) is 0 Å². The first-order chi connectivity index (χ1) is 5.72. The number of rotatable bonds is 3. The molecule has 0 heterocycles. The Morgan fingerprint density at radius 2 is 1.83 bits per heavy atom. The van der Waals surface area contributed by atoms with E-state index in [9.17, 15) is 0 Å². The summed E-state index contributed by atoms with van der Waals surface area (Å²) in [5.74, 6) is 0. The van der Waals surface area contributed by atoms with Gasteiger partial charge in [0.2, 0.25) is 0 Å². The minimum Gasteiger partial charge on any atom is -0.264 e. The molecule has 0 unspecified atom stereocenters. The summed E-state index contributed by atoms with van der Waals surface area (Å²) in [7, 11) is 0. The summed E-state index contributed by atoms with van der Waals surface area (Å²) in [5, 5.41) is 0. The van der Waals surface area contributed by atoms with Crippen LogP contribution in [0.5, 0.6) is 0 Å². The normalized spacial score (nSPS) is 10.3. The van der Waals surface area contributed by atoms with Crippen molar-refractivity contribution in [2.75, 3.05) is 0 Å². The van der Waals surface area contributed by atoms with Gasteiger partial charge in [0.15, 0.2) is 0 Å². The molecule has 0 rings (SSSR count). The molecule has 0 N–H and O–H groups in total. The molecule has 12 heavy (non-hydrogen) atoms. The summed E-state index contributed by atoms with van der Waals surface area (Å²) in [5.41, 5.74) is 1.78. The van der Waals surface area contributed by atoms with E-state index in [-0.39, 0.29) is 0 Å². The molecule has 0 aromatic heterocycles. The summed E-state index contributed by atoms with van der Waals surface area (Å²) < 4.78 is 0. The highest BCUT2D eigenvalue weighted by atomic mass is 14.7. The Morgan fingerprint density at radius 1 is 1.33 bits per heavy atom. The van der Waals surface area contributed by atoms with Crippen molar-refractivity contribution in [3.05, 3.63) is 49.2 Å². The Kier molecular flexibility index (Phi) is 10.6. The van der Waals surface area contributed by atoms with E-state index in [1.54, 1.807) is 0 Å². The van der Waals surface area contributed by atoms with Gasteiger partial charge in [-0.05, 0) is 32.2 Å². The lowest BCUT2D eigenvalue weighted by molar-refractivity contribution is 1.31. The van der Waals surface area contributed by atoms with Crippen LogP contribution in [0.1, 0.15) is 13.8 Å². The number of allylic oxidation sites excluding steroid dienone is 4. The molecular weight excluding hydrogens is 146 g/mol. The highest BCUT2D eigenvalue weighted by molar-refractivity contribution is 5.38. The van der Waals surface area contributed by atoms with E-state index in [0.29, 0.717) is 0 Å². The highest BCUT2D eigenvalue weighted by Gasteiger charge is 1.88. The van der Waals surface area contributed by atoms with Crippen molar-refractivity contribution in [3.8, 4) is 0 Å². The molecule has 0 bridgehead atoms. The zero-order valence-electron chi connectivity index (χ0n) is 8.01. The van der Waals surface area contributed by atoms with Gasteiger partial charge >= 0.3 is 0 Å². The topological polar surface area (TPSA) is 12.4 Å². The van der Waals surface area contributed by atoms with Crippen LogP contribution >= 0.6 is 0 Å². The predicted molar refractivity (Wildman–Crippen MR) is 58.5 cm³/mol. The van der Waals surface area contributed by atoms with Crippen molar-refractivity contribution in [2.45, 2.75) is 13.8 Å². The van der Waals surface area contributed by atoms with Crippen LogP contribution in [0, 0.1) is 0 Å². The van der Waals surface area contributed by atoms with Crippen molar-refractivity contribution in [2.24, 2.45) is 4.99 Å². The third kappa shape index (κ3) is 6.75. The fourth-order valence-electron chi connectivity index (χ4n) is 0.517. The van der Waals surface area contributed by atoms with E-state index in [4.69, 9.17) is 0 Å². The average molecular weight is 163 g/mol. The van der Waals surface area contributed by atoms with E-state index in [0.717, 1.165) is 11.3 Å². The van der Waals surface area contributed by atoms with Gasteiger partial charge in [0.25, 0.3) is 0 Å². The first-order valence-corrected chi connectivity index (χ1v) is 3.68. The molecule has 0 radical (unpaired) electrons. The molecule has 0 saturated carbocycles. The molecule has 0 aliphatic heterocycles. The molecular formula is C11H17N. The summed E-state index contributed by atoms with van der Waals surface area (Å²) in [4.78, 5) is 3.79. The molecule has 0 aliphatic carbocycles. The maximum absolute atomic E-state index is 3.79. The van der Waals surface area contributed by atoms with Crippen molar-refractivity contribution < 1.29 is 0 Å². The first-order valence-electron chi connectivity index (χ1n) is 3.68. The monoisotopic (exact) mass is 163 g/mol. The predicted octanol–water partition coefficient (Wildman–Crippen LogP) is 3.53. The van der Waals surface area contributed by atoms with E-state index in [1.807, 2.05) is 32.1 Å². The van der Waals surface area contributed by atoms with Gasteiger partial charge in [-0.25, -0.2) is 0 Å². The quantitative estimate of drug-likeness (QED) is 0.343. The number of hydrogen-bond acceptors (Lipinski definition) is 1. The fourth-order valence-corrected chi connectivity index (χ4v) is 0.517. The van der Waals surface area contributed by atoms with Gasteiger partial charge in [0.05, 0.1) is 5.70 Å². The third-order valence-electron chi connectivity index (χ3n) is 1.05. The molecule has 1 nitrogen and oxygen atoms in total. The Labute approximate surface area is 75.5 Å². The van der Waals surface area contributed by atoms with Crippen molar-refractivity contribution >= 4 is 6.72 Å². The lowest BCUT2D eigenvalue weighted by atomic mass is 10.2. The van der Waals surface area contributed by atoms with Crippen LogP contribution in [-0.2, 0) is 0 Å². The standard InChI is InChI=1S/C9H13N.C2H4/c1-5-6-7-9(10-4)8(2)3;1-2/h5-7H,2,4H2,1,3H3;1-2H2/b6-5-,9-7+;. The fraction of sp³-hybridized carbons (Fsp3) is 0.182. The lowest BCUT2D eigenvalue weighted by Gasteiger charge is -1.94. The highest BCUT2D eigenvalue weighted by Crippen LogP contribution is 2.06. The Morgan fingerprint density at radius 3 is 2.08 bits per heavy atom. The summed E-state index contributed by atoms with van der Waals surface area (Å²) >= 11 is 0. The summed E-state index contributed by atoms with van der Waals surface area (Å²) in [6.07, 6.45) is 5.74. The summed E-state index contributed by atoms with van der Waals surface area (Å²) in [6.45, 7) is 17.0. The van der Waals surface area contributed by atoms with Gasteiger partial charge < -0.3 is 0 Å². The maximum Gasteiger partial charge on any atom is 0.0645 e. The zero-order valence-corrected chi connectivity index (χ0v) is 8.01. The second-order valence-corrected chi connectivity index (χ2v) is 2.02. The molecule has 0 aliphatic rings. The van der Waals surface area contributed by atoms with E-state index in [2.05, 4.69) is 31.4 Å². The van der Waals surface area contributed by atoms with Crippen LogP contribution < -0.4 is 0 Å². The van der Waals surface area contributed by atoms with Crippen molar-refractivity contribution in [3.63, 3.8) is 0 Å². The number of aliphatic imine (C=N–C) groups is 1. The molecule has 0 fully saturated rings. The van der Waals surface area contributed by atoms with E-state index >= 15 is 0 Å². The van der Waals surface area contributed by atoms with Gasteiger partial charge in [0, 0.05) is 0 Å². The zero-order chi connectivity index (χ0) is 9.98. The Hall–Kier alpha value is -1.37. The number of hydrogen-bond donors (Lipinski definition) is 0. The van der Waals surface area contributed by atoms with Gasteiger partial charge in [0.1, 0.15) is 0 Å². The molecule has 0 aromatic carbocycles. The molecule has 0 spiro atoms. The maximum atomic E-state index is 3.79. The Balaban J connectivity index is 0. The Bertz CT molecular complexity index is 197.